The van der Waals surface area contributed by atoms with E-state index in [9.17, 15) is 0 Å². The molecule has 0 aliphatic heterocycles. The van der Waals surface area contributed by atoms with Gasteiger partial charge in [0, 0.05) is 85.0 Å². The maximum absolute atomic E-state index is 5.48. The lowest BCUT2D eigenvalue weighted by atomic mass is 9.58. The average Bonchev–Trinajstić information content (AvgIpc) is 3.42. The van der Waals surface area contributed by atoms with Crippen LogP contribution in [0.3, 0.4) is 0 Å². The van der Waals surface area contributed by atoms with Gasteiger partial charge >= 0.3 is 0 Å². The standard InChI is InChI=1S/C63H57N5/c1-6-16-54-40(11-1)21-26-59(64-54)49-32-45(47-34-50(60-27-22-41-12-2-7-17-55(41)65-60)38-51(35-47)61-28-23-42-13-3-8-18-56(42)66-61)31-46(33-49)48-36-52(62-29-24-43-14-4-9-19-57(43)67-62)39-53(37-48)63-30-25-44-15-5-10-20-58(44)68-63/h1-30,45-53H,31-39H2. The minimum Gasteiger partial charge on any atom is -0.253 e. The molecule has 3 aliphatic carbocycles. The molecule has 5 aromatic heterocycles. The molecule has 0 spiro atoms. The lowest BCUT2D eigenvalue weighted by Crippen LogP contribution is -2.36. The third-order valence-corrected chi connectivity index (χ3v) is 16.8. The average molecular weight is 884 g/mol. The Morgan fingerprint density at radius 3 is 0.662 bits per heavy atom. The summed E-state index contributed by atoms with van der Waals surface area (Å²) in [6.45, 7) is 0. The molecule has 0 radical (unpaired) electrons. The van der Waals surface area contributed by atoms with Gasteiger partial charge in [0.2, 0.25) is 0 Å². The fourth-order valence-corrected chi connectivity index (χ4v) is 13.4. The number of para-hydroxylation sites is 5. The zero-order valence-corrected chi connectivity index (χ0v) is 38.6. The van der Waals surface area contributed by atoms with Crippen LogP contribution in [0.4, 0.5) is 0 Å². The Morgan fingerprint density at radius 1 is 0.206 bits per heavy atom. The molecule has 5 nitrogen and oxygen atoms in total. The minimum atomic E-state index is 0.357. The molecular weight excluding hydrogens is 827 g/mol. The first-order valence-electron chi connectivity index (χ1n) is 25.4. The van der Waals surface area contributed by atoms with E-state index in [4.69, 9.17) is 24.9 Å². The van der Waals surface area contributed by atoms with Crippen LogP contribution in [0.25, 0.3) is 54.5 Å². The Hall–Kier alpha value is -6.85. The topological polar surface area (TPSA) is 64.5 Å². The van der Waals surface area contributed by atoms with Gasteiger partial charge in [-0.05, 0) is 142 Å². The van der Waals surface area contributed by atoms with E-state index >= 15 is 0 Å². The summed E-state index contributed by atoms with van der Waals surface area (Å²) in [6, 6.07) is 66.3. The van der Waals surface area contributed by atoms with Crippen molar-refractivity contribution in [2.75, 3.05) is 0 Å². The normalized spacial score (nSPS) is 25.6. The van der Waals surface area contributed by atoms with E-state index in [1.54, 1.807) is 0 Å². The summed E-state index contributed by atoms with van der Waals surface area (Å²) in [5.74, 6) is 3.98. The Kier molecular flexibility index (Phi) is 10.7. The molecule has 10 aromatic rings. The van der Waals surface area contributed by atoms with E-state index in [-0.39, 0.29) is 0 Å². The number of benzene rings is 5. The monoisotopic (exact) mass is 883 g/mol. The van der Waals surface area contributed by atoms with Crippen molar-refractivity contribution in [3.63, 3.8) is 0 Å². The van der Waals surface area contributed by atoms with Crippen molar-refractivity contribution in [1.82, 2.24) is 24.9 Å². The Bertz CT molecular complexity index is 3090. The highest BCUT2D eigenvalue weighted by atomic mass is 14.8. The van der Waals surface area contributed by atoms with Crippen LogP contribution in [0.1, 0.15) is 116 Å². The summed E-state index contributed by atoms with van der Waals surface area (Å²) in [5.41, 5.74) is 11.7. The molecule has 0 N–H and O–H groups in total. The van der Waals surface area contributed by atoms with Crippen molar-refractivity contribution < 1.29 is 0 Å². The maximum atomic E-state index is 5.48. The second-order valence-corrected chi connectivity index (χ2v) is 20.8. The summed E-state index contributed by atoms with van der Waals surface area (Å²) in [4.78, 5) is 27.1. The SMILES string of the molecule is c1ccc2nc(C3CC(c4ccc5ccccc5n4)CC(C4CC(c5ccc6ccccc6n5)CC(C5CC(c6ccc7ccccc7n6)CC(c6ccc7ccccc7n6)C5)C4)C3)ccc2c1. The zero-order chi connectivity index (χ0) is 45.0. The van der Waals surface area contributed by atoms with Gasteiger partial charge in [0.15, 0.2) is 0 Å². The van der Waals surface area contributed by atoms with E-state index in [1.807, 2.05) is 0 Å². The number of hydrogen-bond donors (Lipinski definition) is 0. The molecule has 5 heteroatoms. The first-order valence-corrected chi connectivity index (χ1v) is 25.4. The summed E-state index contributed by atoms with van der Waals surface area (Å²) in [7, 11) is 0. The summed E-state index contributed by atoms with van der Waals surface area (Å²) >= 11 is 0. The quantitative estimate of drug-likeness (QED) is 0.160. The van der Waals surface area contributed by atoms with E-state index in [0.717, 1.165) is 66.1 Å². The van der Waals surface area contributed by atoms with E-state index in [2.05, 4.69) is 182 Å². The number of nitrogens with zero attached hydrogens (tertiary/aromatic N) is 5. The lowest BCUT2D eigenvalue weighted by Gasteiger charge is -2.47. The molecule has 68 heavy (non-hydrogen) atoms. The molecule has 334 valence electrons. The van der Waals surface area contributed by atoms with Crippen LogP contribution >= 0.6 is 0 Å². The number of hydrogen-bond acceptors (Lipinski definition) is 5. The van der Waals surface area contributed by atoms with Crippen LogP contribution in [0.2, 0.25) is 0 Å². The van der Waals surface area contributed by atoms with Crippen LogP contribution in [0, 0.1) is 23.7 Å². The van der Waals surface area contributed by atoms with Gasteiger partial charge in [-0.25, -0.2) is 0 Å². The van der Waals surface area contributed by atoms with Crippen LogP contribution in [0.15, 0.2) is 182 Å². The molecule has 13 rings (SSSR count). The fraction of sp³-hybridized carbons (Fsp3) is 0.286. The van der Waals surface area contributed by atoms with Crippen molar-refractivity contribution in [3.8, 4) is 0 Å². The van der Waals surface area contributed by atoms with Gasteiger partial charge in [-0.2, -0.15) is 0 Å². The molecule has 6 unspecified atom stereocenters. The molecule has 3 fully saturated rings. The molecule has 3 aliphatic rings. The van der Waals surface area contributed by atoms with E-state index < -0.39 is 0 Å². The molecule has 0 bridgehead atoms. The molecule has 3 saturated carbocycles. The third-order valence-electron chi connectivity index (χ3n) is 16.8. The van der Waals surface area contributed by atoms with Gasteiger partial charge in [-0.3, -0.25) is 24.9 Å². The van der Waals surface area contributed by atoms with Crippen LogP contribution in [-0.4, -0.2) is 24.9 Å². The summed E-state index contributed by atoms with van der Waals surface area (Å²) < 4.78 is 0. The number of fused-ring (bicyclic) bond motifs is 5. The molecule has 5 aromatic carbocycles. The third kappa shape index (κ3) is 8.10. The smallest absolute Gasteiger partial charge is 0.0705 e. The van der Waals surface area contributed by atoms with E-state index in [1.165, 1.54) is 74.7 Å². The fourth-order valence-electron chi connectivity index (χ4n) is 13.4. The van der Waals surface area contributed by atoms with Crippen molar-refractivity contribution in [1.29, 1.82) is 0 Å². The van der Waals surface area contributed by atoms with Crippen molar-refractivity contribution in [2.24, 2.45) is 23.7 Å². The van der Waals surface area contributed by atoms with Gasteiger partial charge in [0.1, 0.15) is 0 Å². The highest BCUT2D eigenvalue weighted by molar-refractivity contribution is 5.81. The molecule has 5 heterocycles. The first kappa shape index (κ1) is 41.3. The second kappa shape index (κ2) is 17.7. The molecule has 6 atom stereocenters. The number of rotatable bonds is 7. The Balaban J connectivity index is 0.891. The Labute approximate surface area is 399 Å². The number of aromatic nitrogens is 5. The Morgan fingerprint density at radius 2 is 0.412 bits per heavy atom. The van der Waals surface area contributed by atoms with Gasteiger partial charge in [-0.15, -0.1) is 0 Å². The molecule has 0 amide bonds. The predicted octanol–water partition coefficient (Wildman–Crippen LogP) is 15.7. The largest absolute Gasteiger partial charge is 0.253 e. The molecule has 0 saturated heterocycles. The van der Waals surface area contributed by atoms with Gasteiger partial charge in [-0.1, -0.05) is 121 Å². The van der Waals surface area contributed by atoms with Crippen LogP contribution in [0.5, 0.6) is 0 Å². The van der Waals surface area contributed by atoms with Crippen molar-refractivity contribution in [3.05, 3.63) is 210 Å². The van der Waals surface area contributed by atoms with Crippen molar-refractivity contribution >= 4 is 54.5 Å². The lowest BCUT2D eigenvalue weighted by molar-refractivity contribution is 0.0795. The highest BCUT2D eigenvalue weighted by Crippen LogP contribution is 2.56. The van der Waals surface area contributed by atoms with Crippen molar-refractivity contribution in [2.45, 2.75) is 87.4 Å². The predicted molar refractivity (Wildman–Crippen MR) is 278 cm³/mol. The first-order chi connectivity index (χ1) is 33.6. The minimum absolute atomic E-state index is 0.357. The highest BCUT2D eigenvalue weighted by Gasteiger charge is 2.44. The molecular formula is C63H57N5. The number of pyridine rings is 5. The van der Waals surface area contributed by atoms with Crippen LogP contribution in [-0.2, 0) is 0 Å². The van der Waals surface area contributed by atoms with Gasteiger partial charge in [0.05, 0.1) is 27.6 Å². The van der Waals surface area contributed by atoms with Gasteiger partial charge < -0.3 is 0 Å². The zero-order valence-electron chi connectivity index (χ0n) is 38.6. The summed E-state index contributed by atoms with van der Waals surface area (Å²) in [6.07, 6.45) is 10.3. The second-order valence-electron chi connectivity index (χ2n) is 20.8. The van der Waals surface area contributed by atoms with E-state index in [0.29, 0.717) is 53.3 Å². The summed E-state index contributed by atoms with van der Waals surface area (Å²) in [5, 5.41) is 6.05. The van der Waals surface area contributed by atoms with Gasteiger partial charge in [0.25, 0.3) is 0 Å². The van der Waals surface area contributed by atoms with Crippen LogP contribution < -0.4 is 0 Å². The maximum Gasteiger partial charge on any atom is 0.0705 e.